The number of carbonyl (C=O) groups excluding carboxylic acids is 1. The van der Waals surface area contributed by atoms with Crippen LogP contribution in [0.2, 0.25) is 0 Å². The van der Waals surface area contributed by atoms with Gasteiger partial charge in [-0.15, -0.1) is 11.8 Å². The van der Waals surface area contributed by atoms with Crippen LogP contribution in [0.3, 0.4) is 0 Å². The Morgan fingerprint density at radius 2 is 1.93 bits per heavy atom. The van der Waals surface area contributed by atoms with Crippen molar-refractivity contribution in [3.8, 4) is 5.75 Å². The number of hydrogen-bond acceptors (Lipinski definition) is 5. The summed E-state index contributed by atoms with van der Waals surface area (Å²) < 4.78 is 33.2. The number of carbonyl (C=O) groups is 1. The number of thioether (sulfide) groups is 1. The van der Waals surface area contributed by atoms with Gasteiger partial charge in [0.1, 0.15) is 10.6 Å². The predicted molar refractivity (Wildman–Crippen MR) is 109 cm³/mol. The molecule has 0 saturated carbocycles. The first-order valence-corrected chi connectivity index (χ1v) is 11.2. The molecule has 2 rings (SSSR count). The third-order valence-corrected chi connectivity index (χ3v) is 5.92. The molecule has 1 amide bonds. The van der Waals surface area contributed by atoms with Gasteiger partial charge in [-0.1, -0.05) is 6.07 Å². The molecule has 0 unspecified atom stereocenters. The van der Waals surface area contributed by atoms with Crippen LogP contribution < -0.4 is 14.8 Å². The van der Waals surface area contributed by atoms with Crippen molar-refractivity contribution in [2.45, 2.75) is 36.6 Å². The third-order valence-electron chi connectivity index (χ3n) is 3.51. The van der Waals surface area contributed by atoms with E-state index in [4.69, 9.17) is 4.74 Å². The molecule has 8 heteroatoms. The first kappa shape index (κ1) is 21.3. The van der Waals surface area contributed by atoms with Crippen molar-refractivity contribution in [1.29, 1.82) is 0 Å². The maximum Gasteiger partial charge on any atom is 0.255 e. The van der Waals surface area contributed by atoms with E-state index < -0.39 is 15.9 Å². The minimum absolute atomic E-state index is 0.0523. The fraction of sp³-hybridized carbons (Fsp3) is 0.316. The largest absolute Gasteiger partial charge is 0.492 e. The summed E-state index contributed by atoms with van der Waals surface area (Å²) in [5.74, 6) is -0.177. The minimum atomic E-state index is -3.81. The number of amides is 1. The van der Waals surface area contributed by atoms with Crippen LogP contribution in [-0.2, 0) is 10.0 Å². The summed E-state index contributed by atoms with van der Waals surface area (Å²) in [6.07, 6.45) is 1.95. The van der Waals surface area contributed by atoms with Crippen LogP contribution in [0.4, 0.5) is 5.69 Å². The molecule has 0 radical (unpaired) electrons. The average Bonchev–Trinajstić information content (AvgIpc) is 2.61. The van der Waals surface area contributed by atoms with Gasteiger partial charge in [-0.25, -0.2) is 13.1 Å². The van der Waals surface area contributed by atoms with Crippen LogP contribution in [0, 0.1) is 0 Å². The molecule has 0 saturated heterocycles. The highest BCUT2D eigenvalue weighted by Gasteiger charge is 2.22. The number of nitrogens with one attached hydrogen (secondary N) is 2. The maximum absolute atomic E-state index is 12.6. The highest BCUT2D eigenvalue weighted by molar-refractivity contribution is 7.98. The predicted octanol–water partition coefficient (Wildman–Crippen LogP) is 3.75. The molecule has 0 aliphatic heterocycles. The first-order chi connectivity index (χ1) is 12.8. The monoisotopic (exact) mass is 408 g/mol. The smallest absolute Gasteiger partial charge is 0.255 e. The number of benzene rings is 2. The van der Waals surface area contributed by atoms with E-state index in [9.17, 15) is 13.2 Å². The van der Waals surface area contributed by atoms with Gasteiger partial charge in [0, 0.05) is 22.2 Å². The number of sulfonamides is 1. The molecular formula is C19H24N2O4S2. The lowest BCUT2D eigenvalue weighted by Gasteiger charge is -2.15. The molecule has 0 atom stereocenters. The Balaban J connectivity index is 2.36. The van der Waals surface area contributed by atoms with E-state index in [0.29, 0.717) is 12.3 Å². The van der Waals surface area contributed by atoms with Crippen LogP contribution in [-0.4, -0.2) is 33.2 Å². The molecule has 0 heterocycles. The van der Waals surface area contributed by atoms with Gasteiger partial charge in [-0.2, -0.15) is 0 Å². The Morgan fingerprint density at radius 1 is 1.19 bits per heavy atom. The molecule has 2 aromatic carbocycles. The van der Waals surface area contributed by atoms with Gasteiger partial charge in [0.05, 0.1) is 6.61 Å². The number of anilines is 1. The Morgan fingerprint density at radius 3 is 2.56 bits per heavy atom. The standard InChI is InChI=1S/C19H24N2O4S2/c1-5-25-17-10-9-14(11-18(17)27(23,24)21-13(2)3)19(22)20-15-7-6-8-16(12-15)26-4/h6-13,21H,5H2,1-4H3,(H,20,22). The van der Waals surface area contributed by atoms with E-state index in [1.165, 1.54) is 12.1 Å². The number of ether oxygens (including phenoxy) is 1. The van der Waals surface area contributed by atoms with E-state index in [0.717, 1.165) is 4.90 Å². The van der Waals surface area contributed by atoms with Gasteiger partial charge in [0.15, 0.2) is 0 Å². The molecular weight excluding hydrogens is 384 g/mol. The average molecular weight is 409 g/mol. The molecule has 6 nitrogen and oxygen atoms in total. The summed E-state index contributed by atoms with van der Waals surface area (Å²) in [5, 5.41) is 2.80. The minimum Gasteiger partial charge on any atom is -0.492 e. The van der Waals surface area contributed by atoms with E-state index in [2.05, 4.69) is 10.0 Å². The molecule has 27 heavy (non-hydrogen) atoms. The van der Waals surface area contributed by atoms with Gasteiger partial charge in [-0.05, 0) is 63.4 Å². The molecule has 0 aliphatic rings. The summed E-state index contributed by atoms with van der Waals surface area (Å²) in [5.41, 5.74) is 0.877. The second-order valence-electron chi connectivity index (χ2n) is 6.06. The quantitative estimate of drug-likeness (QED) is 0.650. The van der Waals surface area contributed by atoms with E-state index in [1.807, 2.05) is 24.5 Å². The van der Waals surface area contributed by atoms with Crippen LogP contribution in [0.1, 0.15) is 31.1 Å². The number of rotatable bonds is 8. The summed E-state index contributed by atoms with van der Waals surface area (Å²) >= 11 is 1.57. The van der Waals surface area contributed by atoms with Gasteiger partial charge in [0.25, 0.3) is 5.91 Å². The summed E-state index contributed by atoms with van der Waals surface area (Å²) in [6, 6.07) is 11.5. The van der Waals surface area contributed by atoms with Crippen molar-refractivity contribution in [3.05, 3.63) is 48.0 Å². The highest BCUT2D eigenvalue weighted by Crippen LogP contribution is 2.26. The van der Waals surface area contributed by atoms with E-state index in [-0.39, 0.29) is 22.3 Å². The molecule has 0 aromatic heterocycles. The third kappa shape index (κ3) is 5.72. The van der Waals surface area contributed by atoms with E-state index in [1.54, 1.807) is 44.7 Å². The van der Waals surface area contributed by atoms with Gasteiger partial charge < -0.3 is 10.1 Å². The van der Waals surface area contributed by atoms with Gasteiger partial charge in [0.2, 0.25) is 10.0 Å². The lowest BCUT2D eigenvalue weighted by atomic mass is 10.2. The molecule has 0 spiro atoms. The molecule has 2 aromatic rings. The summed E-state index contributed by atoms with van der Waals surface area (Å²) in [6.45, 7) is 5.54. The zero-order valence-electron chi connectivity index (χ0n) is 15.8. The van der Waals surface area contributed by atoms with Crippen molar-refractivity contribution in [2.24, 2.45) is 0 Å². The second kappa shape index (κ2) is 9.25. The SMILES string of the molecule is CCOc1ccc(C(=O)Nc2cccc(SC)c2)cc1S(=O)(=O)NC(C)C. The Bertz CT molecular complexity index is 912. The van der Waals surface area contributed by atoms with E-state index >= 15 is 0 Å². The topological polar surface area (TPSA) is 84.5 Å². The zero-order chi connectivity index (χ0) is 20.0. The van der Waals surface area contributed by atoms with Crippen molar-refractivity contribution in [3.63, 3.8) is 0 Å². The Kier molecular flexibility index (Phi) is 7.29. The van der Waals surface area contributed by atoms with Gasteiger partial charge >= 0.3 is 0 Å². The van der Waals surface area contributed by atoms with Crippen molar-refractivity contribution in [1.82, 2.24) is 4.72 Å². The van der Waals surface area contributed by atoms with Crippen LogP contribution in [0.5, 0.6) is 5.75 Å². The lowest BCUT2D eigenvalue weighted by molar-refractivity contribution is 0.102. The second-order valence-corrected chi connectivity index (χ2v) is 8.62. The number of hydrogen-bond donors (Lipinski definition) is 2. The van der Waals surface area contributed by atoms with Crippen LogP contribution in [0.15, 0.2) is 52.3 Å². The highest BCUT2D eigenvalue weighted by atomic mass is 32.2. The van der Waals surface area contributed by atoms with Crippen molar-refractivity contribution >= 4 is 33.4 Å². The maximum atomic E-state index is 12.6. The first-order valence-electron chi connectivity index (χ1n) is 8.51. The van der Waals surface area contributed by atoms with Crippen LogP contribution in [0.25, 0.3) is 0 Å². The lowest BCUT2D eigenvalue weighted by Crippen LogP contribution is -2.30. The molecule has 2 N–H and O–H groups in total. The van der Waals surface area contributed by atoms with Crippen LogP contribution >= 0.6 is 11.8 Å². The Hall–Kier alpha value is -2.03. The fourth-order valence-electron chi connectivity index (χ4n) is 2.41. The van der Waals surface area contributed by atoms with Crippen molar-refractivity contribution in [2.75, 3.05) is 18.2 Å². The molecule has 0 fully saturated rings. The van der Waals surface area contributed by atoms with Gasteiger partial charge in [-0.3, -0.25) is 4.79 Å². The van der Waals surface area contributed by atoms with Crippen molar-refractivity contribution < 1.29 is 17.9 Å². The fourth-order valence-corrected chi connectivity index (χ4v) is 4.29. The normalized spacial score (nSPS) is 11.4. The summed E-state index contributed by atoms with van der Waals surface area (Å²) in [7, 11) is -3.81. The summed E-state index contributed by atoms with van der Waals surface area (Å²) in [4.78, 5) is 13.6. The molecule has 0 aliphatic carbocycles. The Labute approximate surface area is 164 Å². The molecule has 146 valence electrons. The zero-order valence-corrected chi connectivity index (χ0v) is 17.4. The molecule has 0 bridgehead atoms.